The molecule has 3 nitrogen and oxygen atoms in total. The lowest BCUT2D eigenvalue weighted by atomic mass is 9.83. The van der Waals surface area contributed by atoms with Gasteiger partial charge in [0.1, 0.15) is 0 Å². The molecule has 1 aliphatic heterocycles. The van der Waals surface area contributed by atoms with E-state index in [1.807, 2.05) is 24.4 Å². The van der Waals surface area contributed by atoms with Gasteiger partial charge < -0.3 is 4.74 Å². The molecule has 3 rings (SSSR count). The van der Waals surface area contributed by atoms with Gasteiger partial charge in [0.25, 0.3) is 0 Å². The Kier molecular flexibility index (Phi) is 5.92. The van der Waals surface area contributed by atoms with Crippen LogP contribution in [0.4, 0.5) is 8.78 Å². The molecule has 1 fully saturated rings. The van der Waals surface area contributed by atoms with Crippen molar-refractivity contribution in [2.45, 2.75) is 32.4 Å². The zero-order valence-corrected chi connectivity index (χ0v) is 14.4. The predicted octanol–water partition coefficient (Wildman–Crippen LogP) is 4.21. The van der Waals surface area contributed by atoms with Gasteiger partial charge >= 0.3 is 6.61 Å². The molecule has 1 atom stereocenters. The van der Waals surface area contributed by atoms with Gasteiger partial charge in [-0.25, -0.2) is 0 Å². The topological polar surface area (TPSA) is 25.4 Å². The number of thiophene rings is 1. The van der Waals surface area contributed by atoms with E-state index >= 15 is 0 Å². The van der Waals surface area contributed by atoms with Crippen LogP contribution >= 0.6 is 11.3 Å². The number of pyridine rings is 1. The first-order valence-corrected chi connectivity index (χ1v) is 9.07. The second kappa shape index (κ2) is 8.14. The Hall–Kier alpha value is -1.37. The molecular weight excluding hydrogens is 330 g/mol. The summed E-state index contributed by atoms with van der Waals surface area (Å²) in [6, 6.07) is 8.12. The van der Waals surface area contributed by atoms with Crippen molar-refractivity contribution in [2.75, 3.05) is 19.7 Å². The summed E-state index contributed by atoms with van der Waals surface area (Å²) >= 11 is 1.72. The molecule has 3 heterocycles. The Morgan fingerprint density at radius 2 is 2.25 bits per heavy atom. The average molecular weight is 352 g/mol. The summed E-state index contributed by atoms with van der Waals surface area (Å²) in [7, 11) is 0. The van der Waals surface area contributed by atoms with Crippen LogP contribution in [-0.2, 0) is 17.7 Å². The first-order valence-electron chi connectivity index (χ1n) is 8.19. The summed E-state index contributed by atoms with van der Waals surface area (Å²) in [6.07, 6.45) is 6.32. The van der Waals surface area contributed by atoms with Crippen LogP contribution in [0.15, 0.2) is 42.0 Å². The largest absolute Gasteiger partial charge is 0.345 e. The van der Waals surface area contributed by atoms with E-state index in [9.17, 15) is 8.78 Å². The third-order valence-electron chi connectivity index (χ3n) is 4.64. The van der Waals surface area contributed by atoms with Gasteiger partial charge in [0.2, 0.25) is 0 Å². The van der Waals surface area contributed by atoms with Crippen molar-refractivity contribution in [1.82, 2.24) is 9.88 Å². The monoisotopic (exact) mass is 352 g/mol. The van der Waals surface area contributed by atoms with Crippen LogP contribution < -0.4 is 0 Å². The maximum atomic E-state index is 12.6. The fourth-order valence-corrected chi connectivity index (χ4v) is 4.10. The summed E-state index contributed by atoms with van der Waals surface area (Å²) in [5.41, 5.74) is 0.962. The molecule has 0 spiro atoms. The molecule has 24 heavy (non-hydrogen) atoms. The van der Waals surface area contributed by atoms with Crippen LogP contribution in [0.2, 0.25) is 0 Å². The van der Waals surface area contributed by atoms with Gasteiger partial charge in [0.05, 0.1) is 6.61 Å². The van der Waals surface area contributed by atoms with Crippen LogP contribution in [-0.4, -0.2) is 36.2 Å². The zero-order valence-electron chi connectivity index (χ0n) is 13.5. The first-order chi connectivity index (χ1) is 11.7. The van der Waals surface area contributed by atoms with Gasteiger partial charge in [-0.1, -0.05) is 12.1 Å². The predicted molar refractivity (Wildman–Crippen MR) is 91.2 cm³/mol. The van der Waals surface area contributed by atoms with Crippen molar-refractivity contribution in [2.24, 2.45) is 5.41 Å². The minimum Gasteiger partial charge on any atom is -0.322 e. The summed E-state index contributed by atoms with van der Waals surface area (Å²) < 4.78 is 29.9. The lowest BCUT2D eigenvalue weighted by Crippen LogP contribution is -2.32. The van der Waals surface area contributed by atoms with Crippen molar-refractivity contribution in [3.63, 3.8) is 0 Å². The van der Waals surface area contributed by atoms with Gasteiger partial charge in [0, 0.05) is 35.8 Å². The lowest BCUT2D eigenvalue weighted by molar-refractivity contribution is -0.151. The molecule has 2 aromatic heterocycles. The highest BCUT2D eigenvalue weighted by Crippen LogP contribution is 2.37. The molecule has 6 heteroatoms. The number of halogens is 2. The standard InChI is InChI=1S/C18H22F2N2OS/c19-17(20)23-14-18(6-5-16-4-2-10-24-16)7-9-22(13-18)12-15-3-1-8-21-11-15/h1-4,8,10-11,17H,5-7,9,12-14H2. The summed E-state index contributed by atoms with van der Waals surface area (Å²) in [4.78, 5) is 7.77. The van der Waals surface area contributed by atoms with Crippen LogP contribution in [0.1, 0.15) is 23.3 Å². The van der Waals surface area contributed by atoms with Gasteiger partial charge in [-0.05, 0) is 48.9 Å². The third-order valence-corrected chi connectivity index (χ3v) is 5.58. The smallest absolute Gasteiger partial charge is 0.322 e. The minimum atomic E-state index is -2.70. The highest BCUT2D eigenvalue weighted by atomic mass is 32.1. The normalized spacial score (nSPS) is 21.6. The SMILES string of the molecule is FC(F)OCC1(CCc2cccs2)CCN(Cc2cccnc2)C1. The van der Waals surface area contributed by atoms with Crippen molar-refractivity contribution >= 4 is 11.3 Å². The number of ether oxygens (including phenoxy) is 1. The third kappa shape index (κ3) is 4.82. The number of alkyl halides is 2. The highest BCUT2D eigenvalue weighted by Gasteiger charge is 2.38. The molecule has 1 unspecified atom stereocenters. The Bertz CT molecular complexity index is 609. The van der Waals surface area contributed by atoms with Gasteiger partial charge in [-0.3, -0.25) is 9.88 Å². The minimum absolute atomic E-state index is 0.125. The van der Waals surface area contributed by atoms with E-state index in [1.165, 1.54) is 4.88 Å². The average Bonchev–Trinajstić information content (AvgIpc) is 3.23. The quantitative estimate of drug-likeness (QED) is 0.712. The van der Waals surface area contributed by atoms with E-state index in [0.717, 1.165) is 44.5 Å². The summed E-state index contributed by atoms with van der Waals surface area (Å²) in [6.45, 7) is -0.0645. The maximum absolute atomic E-state index is 12.6. The Balaban J connectivity index is 1.62. The Morgan fingerprint density at radius 3 is 2.96 bits per heavy atom. The van der Waals surface area contributed by atoms with Crippen LogP contribution in [0, 0.1) is 5.41 Å². The second-order valence-electron chi connectivity index (χ2n) is 6.47. The molecule has 0 saturated carbocycles. The number of likely N-dealkylation sites (tertiary alicyclic amines) is 1. The molecule has 0 N–H and O–H groups in total. The molecule has 0 amide bonds. The molecule has 1 saturated heterocycles. The fraction of sp³-hybridized carbons (Fsp3) is 0.500. The Labute approximate surface area is 145 Å². The van der Waals surface area contributed by atoms with E-state index in [-0.39, 0.29) is 12.0 Å². The van der Waals surface area contributed by atoms with Gasteiger partial charge in [-0.15, -0.1) is 11.3 Å². The van der Waals surface area contributed by atoms with Gasteiger partial charge in [0.15, 0.2) is 0 Å². The van der Waals surface area contributed by atoms with E-state index in [2.05, 4.69) is 21.3 Å². The zero-order chi connectivity index (χ0) is 16.8. The number of rotatable bonds is 8. The molecule has 1 aliphatic rings. The molecule has 0 aliphatic carbocycles. The van der Waals surface area contributed by atoms with Crippen LogP contribution in [0.5, 0.6) is 0 Å². The fourth-order valence-electron chi connectivity index (χ4n) is 3.39. The van der Waals surface area contributed by atoms with Crippen molar-refractivity contribution in [3.8, 4) is 0 Å². The van der Waals surface area contributed by atoms with E-state index in [1.54, 1.807) is 17.5 Å². The number of hydrogen-bond donors (Lipinski definition) is 0. The van der Waals surface area contributed by atoms with E-state index in [4.69, 9.17) is 4.74 Å². The van der Waals surface area contributed by atoms with Crippen LogP contribution in [0.3, 0.4) is 0 Å². The van der Waals surface area contributed by atoms with E-state index in [0.29, 0.717) is 0 Å². The van der Waals surface area contributed by atoms with Gasteiger partial charge in [-0.2, -0.15) is 8.78 Å². The first kappa shape index (κ1) is 17.5. The van der Waals surface area contributed by atoms with Crippen molar-refractivity contribution in [3.05, 3.63) is 52.5 Å². The summed E-state index contributed by atoms with van der Waals surface area (Å²) in [5.74, 6) is 0. The lowest BCUT2D eigenvalue weighted by Gasteiger charge is -2.29. The number of nitrogens with zero attached hydrogens (tertiary/aromatic N) is 2. The van der Waals surface area contributed by atoms with Crippen LogP contribution in [0.25, 0.3) is 0 Å². The number of aromatic nitrogens is 1. The molecule has 0 radical (unpaired) electrons. The highest BCUT2D eigenvalue weighted by molar-refractivity contribution is 7.09. The molecule has 130 valence electrons. The maximum Gasteiger partial charge on any atom is 0.345 e. The van der Waals surface area contributed by atoms with E-state index < -0.39 is 6.61 Å². The van der Waals surface area contributed by atoms with Crippen molar-refractivity contribution < 1.29 is 13.5 Å². The molecule has 0 aromatic carbocycles. The number of hydrogen-bond acceptors (Lipinski definition) is 4. The van der Waals surface area contributed by atoms with Crippen molar-refractivity contribution in [1.29, 1.82) is 0 Å². The summed E-state index contributed by atoms with van der Waals surface area (Å²) in [5, 5.41) is 2.06. The molecule has 0 bridgehead atoms. The number of aryl methyl sites for hydroxylation is 1. The second-order valence-corrected chi connectivity index (χ2v) is 7.51. The Morgan fingerprint density at radius 1 is 1.33 bits per heavy atom. The molecular formula is C18H22F2N2OS. The molecule has 2 aromatic rings.